The van der Waals surface area contributed by atoms with Gasteiger partial charge in [0.05, 0.1) is 12.4 Å². The number of anilines is 1. The van der Waals surface area contributed by atoms with Crippen molar-refractivity contribution >= 4 is 24.2 Å². The predicted molar refractivity (Wildman–Crippen MR) is 114 cm³/mol. The summed E-state index contributed by atoms with van der Waals surface area (Å²) in [5.74, 6) is 0. The Labute approximate surface area is 160 Å². The Morgan fingerprint density at radius 1 is 1.22 bits per heavy atom. The SMILES string of the molecule is C=CNc1ccccc1/C=C(\C)CNC/N=C(\C=C/N=C)c1cncnc1. The van der Waals surface area contributed by atoms with Gasteiger partial charge in [0.2, 0.25) is 0 Å². The molecule has 0 radical (unpaired) electrons. The molecule has 0 aliphatic rings. The summed E-state index contributed by atoms with van der Waals surface area (Å²) < 4.78 is 0. The van der Waals surface area contributed by atoms with Crippen molar-refractivity contribution in [3.63, 3.8) is 0 Å². The van der Waals surface area contributed by atoms with Crippen LogP contribution < -0.4 is 10.6 Å². The number of aliphatic imine (C=N–C) groups is 2. The molecule has 0 saturated carbocycles. The van der Waals surface area contributed by atoms with Crippen LogP contribution in [0.2, 0.25) is 0 Å². The van der Waals surface area contributed by atoms with Crippen LogP contribution in [0.5, 0.6) is 0 Å². The van der Waals surface area contributed by atoms with E-state index in [9.17, 15) is 0 Å². The van der Waals surface area contributed by atoms with Crippen LogP contribution in [0.4, 0.5) is 5.69 Å². The van der Waals surface area contributed by atoms with Crippen LogP contribution in [0.1, 0.15) is 18.1 Å². The van der Waals surface area contributed by atoms with Gasteiger partial charge < -0.3 is 5.32 Å². The molecular formula is C21H24N6. The molecule has 2 rings (SSSR count). The minimum absolute atomic E-state index is 0.462. The quantitative estimate of drug-likeness (QED) is 0.501. The standard InChI is InChI=1S/C21H24N6/c1-4-26-20-8-6-5-7-18(20)11-17(2)12-23-16-27-21(9-10-22-3)19-13-24-15-25-14-19/h4-11,13-15,23,26H,1,3,12,16H2,2H3/b10-9-,17-11+,27-21+. The molecule has 2 aromatic rings. The molecule has 0 unspecified atom stereocenters. The number of hydrogen-bond acceptors (Lipinski definition) is 6. The lowest BCUT2D eigenvalue weighted by Crippen LogP contribution is -2.17. The first-order valence-corrected chi connectivity index (χ1v) is 8.51. The molecule has 0 fully saturated rings. The molecule has 0 aliphatic carbocycles. The lowest BCUT2D eigenvalue weighted by Gasteiger charge is -2.08. The summed E-state index contributed by atoms with van der Waals surface area (Å²) in [5, 5.41) is 6.46. The molecule has 138 valence electrons. The molecule has 0 amide bonds. The molecule has 2 N–H and O–H groups in total. The third kappa shape index (κ3) is 6.80. The van der Waals surface area contributed by atoms with Crippen molar-refractivity contribution in [1.29, 1.82) is 0 Å². The Bertz CT molecular complexity index is 837. The Hall–Kier alpha value is -3.38. The van der Waals surface area contributed by atoms with E-state index in [0.717, 1.165) is 22.5 Å². The third-order valence-electron chi connectivity index (χ3n) is 3.58. The Morgan fingerprint density at radius 2 is 2.00 bits per heavy atom. The summed E-state index contributed by atoms with van der Waals surface area (Å²) in [4.78, 5) is 16.3. The average molecular weight is 360 g/mol. The number of benzene rings is 1. The van der Waals surface area contributed by atoms with E-state index in [0.29, 0.717) is 13.2 Å². The van der Waals surface area contributed by atoms with E-state index < -0.39 is 0 Å². The molecule has 1 aromatic carbocycles. The van der Waals surface area contributed by atoms with Crippen LogP contribution in [0.3, 0.4) is 0 Å². The van der Waals surface area contributed by atoms with Gasteiger partial charge >= 0.3 is 0 Å². The second-order valence-electron chi connectivity index (χ2n) is 5.68. The van der Waals surface area contributed by atoms with Gasteiger partial charge in [0.25, 0.3) is 0 Å². The second kappa shape index (κ2) is 11.3. The monoisotopic (exact) mass is 360 g/mol. The van der Waals surface area contributed by atoms with Crippen molar-refractivity contribution in [2.24, 2.45) is 9.98 Å². The molecule has 27 heavy (non-hydrogen) atoms. The number of para-hydroxylation sites is 1. The van der Waals surface area contributed by atoms with Crippen molar-refractivity contribution in [3.05, 3.63) is 84.7 Å². The van der Waals surface area contributed by atoms with Gasteiger partial charge in [0, 0.05) is 36.4 Å². The zero-order valence-corrected chi connectivity index (χ0v) is 15.5. The molecule has 0 bridgehead atoms. The summed E-state index contributed by atoms with van der Waals surface area (Å²) in [6.45, 7) is 10.4. The zero-order valence-electron chi connectivity index (χ0n) is 15.5. The van der Waals surface area contributed by atoms with Gasteiger partial charge in [0.15, 0.2) is 0 Å². The molecule has 0 aliphatic heterocycles. The Morgan fingerprint density at radius 3 is 2.74 bits per heavy atom. The number of allylic oxidation sites excluding steroid dienone is 1. The highest BCUT2D eigenvalue weighted by Crippen LogP contribution is 2.18. The maximum absolute atomic E-state index is 4.56. The molecule has 1 heterocycles. The van der Waals surface area contributed by atoms with E-state index >= 15 is 0 Å². The van der Waals surface area contributed by atoms with Gasteiger partial charge in [0.1, 0.15) is 6.33 Å². The number of nitrogens with zero attached hydrogens (tertiary/aromatic N) is 4. The first-order valence-electron chi connectivity index (χ1n) is 8.51. The molecule has 1 aromatic heterocycles. The average Bonchev–Trinajstić information content (AvgIpc) is 2.70. The van der Waals surface area contributed by atoms with E-state index in [2.05, 4.69) is 62.9 Å². The van der Waals surface area contributed by atoms with E-state index in [1.165, 1.54) is 11.9 Å². The number of nitrogens with one attached hydrogen (secondary N) is 2. The summed E-state index contributed by atoms with van der Waals surface area (Å²) in [5.41, 5.74) is 4.91. The normalized spacial score (nSPS) is 12.2. The van der Waals surface area contributed by atoms with Gasteiger partial charge in [-0.05, 0) is 37.5 Å². The topological polar surface area (TPSA) is 74.6 Å². The molecular weight excluding hydrogens is 336 g/mol. The largest absolute Gasteiger partial charge is 0.362 e. The van der Waals surface area contributed by atoms with E-state index in [4.69, 9.17) is 0 Å². The zero-order chi connectivity index (χ0) is 19.3. The smallest absolute Gasteiger partial charge is 0.115 e. The summed E-state index contributed by atoms with van der Waals surface area (Å²) in [6, 6.07) is 8.09. The van der Waals surface area contributed by atoms with Crippen LogP contribution in [-0.2, 0) is 0 Å². The number of hydrogen-bond donors (Lipinski definition) is 2. The minimum Gasteiger partial charge on any atom is -0.362 e. The number of rotatable bonds is 10. The second-order valence-corrected chi connectivity index (χ2v) is 5.68. The van der Waals surface area contributed by atoms with Gasteiger partial charge in [-0.3, -0.25) is 15.3 Å². The van der Waals surface area contributed by atoms with Crippen molar-refractivity contribution in [2.45, 2.75) is 6.92 Å². The minimum atomic E-state index is 0.462. The summed E-state index contributed by atoms with van der Waals surface area (Å²) in [7, 11) is 0. The van der Waals surface area contributed by atoms with Gasteiger partial charge in [-0.1, -0.05) is 36.4 Å². The third-order valence-corrected chi connectivity index (χ3v) is 3.58. The Balaban J connectivity index is 1.99. The molecule has 6 heteroatoms. The van der Waals surface area contributed by atoms with E-state index in [1.54, 1.807) is 30.9 Å². The fraction of sp³-hybridized carbons (Fsp3) is 0.143. The van der Waals surface area contributed by atoms with Crippen molar-refractivity contribution < 1.29 is 0 Å². The molecule has 0 spiro atoms. The van der Waals surface area contributed by atoms with Gasteiger partial charge in [-0.25, -0.2) is 9.97 Å². The summed E-state index contributed by atoms with van der Waals surface area (Å²) in [6.07, 6.45) is 12.1. The van der Waals surface area contributed by atoms with Gasteiger partial charge in [-0.2, -0.15) is 0 Å². The first-order chi connectivity index (χ1) is 13.2. The van der Waals surface area contributed by atoms with Gasteiger partial charge in [-0.15, -0.1) is 0 Å². The molecule has 6 nitrogen and oxygen atoms in total. The highest BCUT2D eigenvalue weighted by molar-refractivity contribution is 6.08. The van der Waals surface area contributed by atoms with Crippen LogP contribution in [0.15, 0.2) is 83.6 Å². The molecule has 0 atom stereocenters. The fourth-order valence-electron chi connectivity index (χ4n) is 2.37. The first kappa shape index (κ1) is 19.9. The Kier molecular flexibility index (Phi) is 8.33. The highest BCUT2D eigenvalue weighted by atomic mass is 15.0. The van der Waals surface area contributed by atoms with Crippen molar-refractivity contribution in [1.82, 2.24) is 15.3 Å². The van der Waals surface area contributed by atoms with Crippen LogP contribution >= 0.6 is 0 Å². The molecule has 0 saturated heterocycles. The lowest BCUT2D eigenvalue weighted by molar-refractivity contribution is 0.759. The van der Waals surface area contributed by atoms with Crippen LogP contribution in [-0.4, -0.2) is 35.6 Å². The maximum Gasteiger partial charge on any atom is 0.115 e. The van der Waals surface area contributed by atoms with Crippen LogP contribution in [0, 0.1) is 0 Å². The number of aromatic nitrogens is 2. The lowest BCUT2D eigenvalue weighted by atomic mass is 10.1. The van der Waals surface area contributed by atoms with E-state index in [1.807, 2.05) is 18.2 Å². The highest BCUT2D eigenvalue weighted by Gasteiger charge is 2.00. The van der Waals surface area contributed by atoms with Crippen LogP contribution in [0.25, 0.3) is 6.08 Å². The van der Waals surface area contributed by atoms with Crippen molar-refractivity contribution in [2.75, 3.05) is 18.5 Å². The predicted octanol–water partition coefficient (Wildman–Crippen LogP) is 3.69. The van der Waals surface area contributed by atoms with Crippen molar-refractivity contribution in [3.8, 4) is 0 Å². The summed E-state index contributed by atoms with van der Waals surface area (Å²) >= 11 is 0. The van der Waals surface area contributed by atoms with E-state index in [-0.39, 0.29) is 0 Å². The maximum atomic E-state index is 4.56. The fourth-order valence-corrected chi connectivity index (χ4v) is 2.37.